The third-order valence-electron chi connectivity index (χ3n) is 5.15. The van der Waals surface area contributed by atoms with Gasteiger partial charge < -0.3 is 15.8 Å². The Kier molecular flexibility index (Phi) is 4.25. The summed E-state index contributed by atoms with van der Waals surface area (Å²) in [7, 11) is 1.66. The van der Waals surface area contributed by atoms with Gasteiger partial charge in [-0.3, -0.25) is 4.79 Å². The summed E-state index contributed by atoms with van der Waals surface area (Å²) in [5, 5.41) is 3.43. The van der Waals surface area contributed by atoms with E-state index in [1.807, 2.05) is 42.5 Å². The first-order valence-electron chi connectivity index (χ1n) is 8.92. The molecule has 2 aromatic rings. The molecule has 4 heteroatoms. The van der Waals surface area contributed by atoms with Crippen LogP contribution in [0.5, 0.6) is 5.75 Å². The number of nitrogen functional groups attached to an aromatic ring is 1. The molecule has 4 rings (SSSR count). The smallest absolute Gasteiger partial charge is 0.189 e. The lowest BCUT2D eigenvalue weighted by Gasteiger charge is -2.20. The molecule has 2 aromatic carbocycles. The molecule has 0 unspecified atom stereocenters. The van der Waals surface area contributed by atoms with Gasteiger partial charge in [-0.2, -0.15) is 0 Å². The molecule has 0 heterocycles. The van der Waals surface area contributed by atoms with Gasteiger partial charge in [-0.1, -0.05) is 24.3 Å². The highest BCUT2D eigenvalue weighted by Gasteiger charge is 2.27. The van der Waals surface area contributed by atoms with Crippen molar-refractivity contribution in [2.24, 2.45) is 0 Å². The molecule has 0 spiro atoms. The molecule has 132 valence electrons. The van der Waals surface area contributed by atoms with Crippen LogP contribution in [0, 0.1) is 0 Å². The Morgan fingerprint density at radius 3 is 2.65 bits per heavy atom. The predicted molar refractivity (Wildman–Crippen MR) is 104 cm³/mol. The van der Waals surface area contributed by atoms with Gasteiger partial charge in [-0.05, 0) is 55.5 Å². The van der Waals surface area contributed by atoms with Crippen LogP contribution in [0.1, 0.15) is 35.2 Å². The number of Topliss-reactive ketones (excluding diaryl/α,β-unsaturated/α-hetero) is 1. The number of ether oxygens (including phenoxy) is 1. The van der Waals surface area contributed by atoms with Crippen LogP contribution in [0.25, 0.3) is 0 Å². The van der Waals surface area contributed by atoms with Crippen LogP contribution in [0.15, 0.2) is 65.4 Å². The fraction of sp³-hybridized carbons (Fsp3) is 0.227. The van der Waals surface area contributed by atoms with Crippen LogP contribution in [-0.2, 0) is 6.42 Å². The summed E-state index contributed by atoms with van der Waals surface area (Å²) in [6.07, 6.45) is 5.32. The van der Waals surface area contributed by atoms with Gasteiger partial charge in [0.1, 0.15) is 5.75 Å². The first-order valence-corrected chi connectivity index (χ1v) is 8.92. The number of ketones is 1. The maximum atomic E-state index is 13.1. The zero-order chi connectivity index (χ0) is 18.1. The Bertz CT molecular complexity index is 941. The number of hydrogen-bond acceptors (Lipinski definition) is 4. The molecule has 0 aliphatic heterocycles. The van der Waals surface area contributed by atoms with Crippen LogP contribution < -0.4 is 15.8 Å². The molecule has 0 amide bonds. The number of allylic oxidation sites excluding steroid dienone is 4. The standard InChI is InChI=1S/C22H22N2O2/c1-26-21-8-4-5-18-17(21)11-9-14-13-15(10-12-16(14)22(18)25)24-20-7-3-2-6-19(20)23/h2-8,13,24H,9-12,23H2,1H3. The van der Waals surface area contributed by atoms with Crippen molar-refractivity contribution in [2.75, 3.05) is 18.2 Å². The van der Waals surface area contributed by atoms with Crippen molar-refractivity contribution < 1.29 is 9.53 Å². The largest absolute Gasteiger partial charge is 0.496 e. The number of rotatable bonds is 3. The molecule has 4 nitrogen and oxygen atoms in total. The second-order valence-electron chi connectivity index (χ2n) is 6.70. The Labute approximate surface area is 153 Å². The Balaban J connectivity index is 1.66. The molecule has 0 radical (unpaired) electrons. The Hall–Kier alpha value is -3.01. The van der Waals surface area contributed by atoms with Crippen molar-refractivity contribution in [3.63, 3.8) is 0 Å². The number of carbonyl (C=O) groups excluding carboxylic acids is 1. The van der Waals surface area contributed by atoms with E-state index in [1.54, 1.807) is 7.11 Å². The highest BCUT2D eigenvalue weighted by molar-refractivity contribution is 6.11. The number of carbonyl (C=O) groups is 1. The van der Waals surface area contributed by atoms with Gasteiger partial charge in [0, 0.05) is 22.4 Å². The summed E-state index contributed by atoms with van der Waals surface area (Å²) < 4.78 is 5.47. The maximum absolute atomic E-state index is 13.1. The predicted octanol–water partition coefficient (Wildman–Crippen LogP) is 4.49. The second kappa shape index (κ2) is 6.71. The number of methoxy groups -OCH3 is 1. The minimum atomic E-state index is 0.140. The Morgan fingerprint density at radius 1 is 1.00 bits per heavy atom. The topological polar surface area (TPSA) is 64.3 Å². The molecular formula is C22H22N2O2. The second-order valence-corrected chi connectivity index (χ2v) is 6.70. The summed E-state index contributed by atoms with van der Waals surface area (Å²) in [4.78, 5) is 13.1. The lowest BCUT2D eigenvalue weighted by atomic mass is 9.90. The summed E-state index contributed by atoms with van der Waals surface area (Å²) in [5.74, 6) is 0.941. The van der Waals surface area contributed by atoms with Crippen LogP contribution in [0.3, 0.4) is 0 Å². The highest BCUT2D eigenvalue weighted by atomic mass is 16.5. The minimum Gasteiger partial charge on any atom is -0.496 e. The summed E-state index contributed by atoms with van der Waals surface area (Å²) in [5.41, 5.74) is 12.6. The number of hydrogen-bond donors (Lipinski definition) is 2. The van der Waals surface area contributed by atoms with Crippen molar-refractivity contribution in [1.82, 2.24) is 0 Å². The van der Waals surface area contributed by atoms with Crippen LogP contribution >= 0.6 is 0 Å². The zero-order valence-electron chi connectivity index (χ0n) is 14.8. The van der Waals surface area contributed by atoms with Gasteiger partial charge in [0.15, 0.2) is 5.78 Å². The quantitative estimate of drug-likeness (QED) is 0.804. The van der Waals surface area contributed by atoms with E-state index in [-0.39, 0.29) is 5.78 Å². The third-order valence-corrected chi connectivity index (χ3v) is 5.15. The van der Waals surface area contributed by atoms with E-state index >= 15 is 0 Å². The maximum Gasteiger partial charge on any atom is 0.189 e. The van der Waals surface area contributed by atoms with E-state index in [1.165, 1.54) is 0 Å². The van der Waals surface area contributed by atoms with Crippen molar-refractivity contribution in [1.29, 1.82) is 0 Å². The number of nitrogens with two attached hydrogens (primary N) is 1. The first kappa shape index (κ1) is 16.5. The lowest BCUT2D eigenvalue weighted by Crippen LogP contribution is -2.12. The molecule has 0 saturated carbocycles. The molecule has 0 saturated heterocycles. The molecule has 26 heavy (non-hydrogen) atoms. The first-order chi connectivity index (χ1) is 12.7. The van der Waals surface area contributed by atoms with Crippen LogP contribution in [0.4, 0.5) is 11.4 Å². The van der Waals surface area contributed by atoms with Gasteiger partial charge in [-0.15, -0.1) is 0 Å². The van der Waals surface area contributed by atoms with Gasteiger partial charge >= 0.3 is 0 Å². The van der Waals surface area contributed by atoms with E-state index in [9.17, 15) is 4.79 Å². The molecule has 0 atom stereocenters. The molecule has 3 N–H and O–H groups in total. The normalized spacial score (nSPS) is 16.3. The molecular weight excluding hydrogens is 324 g/mol. The average Bonchev–Trinajstić information content (AvgIpc) is 2.80. The molecule has 0 bridgehead atoms. The fourth-order valence-corrected chi connectivity index (χ4v) is 3.80. The van der Waals surface area contributed by atoms with Gasteiger partial charge in [0.05, 0.1) is 18.5 Å². The zero-order valence-corrected chi connectivity index (χ0v) is 14.8. The van der Waals surface area contributed by atoms with Crippen molar-refractivity contribution in [2.45, 2.75) is 25.7 Å². The number of fused-ring (bicyclic) bond motifs is 1. The van der Waals surface area contributed by atoms with Gasteiger partial charge in [0.2, 0.25) is 0 Å². The number of benzene rings is 2. The van der Waals surface area contributed by atoms with Crippen molar-refractivity contribution in [3.8, 4) is 5.75 Å². The summed E-state index contributed by atoms with van der Waals surface area (Å²) in [6.45, 7) is 0. The van der Waals surface area contributed by atoms with E-state index in [0.717, 1.165) is 70.8 Å². The average molecular weight is 346 g/mol. The monoisotopic (exact) mass is 346 g/mol. The fourth-order valence-electron chi connectivity index (χ4n) is 3.80. The lowest BCUT2D eigenvalue weighted by molar-refractivity contribution is 0.102. The Morgan fingerprint density at radius 2 is 1.85 bits per heavy atom. The van der Waals surface area contributed by atoms with E-state index in [4.69, 9.17) is 10.5 Å². The van der Waals surface area contributed by atoms with Crippen LogP contribution in [-0.4, -0.2) is 12.9 Å². The van der Waals surface area contributed by atoms with Gasteiger partial charge in [-0.25, -0.2) is 0 Å². The molecule has 2 aliphatic rings. The number of anilines is 2. The van der Waals surface area contributed by atoms with E-state index in [0.29, 0.717) is 0 Å². The summed E-state index contributed by atoms with van der Waals surface area (Å²) in [6, 6.07) is 13.5. The number of para-hydroxylation sites is 2. The minimum absolute atomic E-state index is 0.140. The van der Waals surface area contributed by atoms with Crippen molar-refractivity contribution >= 4 is 17.2 Å². The highest BCUT2D eigenvalue weighted by Crippen LogP contribution is 2.36. The van der Waals surface area contributed by atoms with Crippen molar-refractivity contribution in [3.05, 3.63) is 76.5 Å². The van der Waals surface area contributed by atoms with E-state index in [2.05, 4.69) is 11.4 Å². The van der Waals surface area contributed by atoms with Gasteiger partial charge in [0.25, 0.3) is 0 Å². The SMILES string of the molecule is COc1cccc2c1CCC1=C(CCC(Nc3ccccc3N)=C1)C2=O. The van der Waals surface area contributed by atoms with Crippen LogP contribution in [0.2, 0.25) is 0 Å². The number of nitrogens with one attached hydrogen (secondary N) is 1. The molecule has 2 aliphatic carbocycles. The van der Waals surface area contributed by atoms with E-state index < -0.39 is 0 Å². The molecule has 0 aromatic heterocycles. The molecule has 0 fully saturated rings. The third kappa shape index (κ3) is 2.88. The summed E-state index contributed by atoms with van der Waals surface area (Å²) >= 11 is 0.